The van der Waals surface area contributed by atoms with Gasteiger partial charge in [0.15, 0.2) is 0 Å². The van der Waals surface area contributed by atoms with Gasteiger partial charge in [0, 0.05) is 12.8 Å². The smallest absolute Gasteiger partial charge is 0.305 e. The Morgan fingerprint density at radius 2 is 0.610 bits per heavy atom. The van der Waals surface area contributed by atoms with E-state index in [2.05, 4.69) is 55.6 Å². The van der Waals surface area contributed by atoms with Crippen LogP contribution in [-0.2, 0) is 14.3 Å². The Balaban J connectivity index is 3.38. The van der Waals surface area contributed by atoms with Crippen LogP contribution in [0.5, 0.6) is 0 Å². The topological polar surface area (TPSA) is 95.9 Å². The third-order valence-electron chi connectivity index (χ3n) is 17.4. The highest BCUT2D eigenvalue weighted by molar-refractivity contribution is 5.76. The zero-order valence-electron chi connectivity index (χ0n) is 55.5. The molecule has 0 saturated carbocycles. The molecule has 2 atom stereocenters. The van der Waals surface area contributed by atoms with Crippen molar-refractivity contribution in [3.05, 3.63) is 36.5 Å². The summed E-state index contributed by atoms with van der Waals surface area (Å²) in [5, 5.41) is 23.4. The minimum atomic E-state index is -0.667. The van der Waals surface area contributed by atoms with Crippen molar-refractivity contribution in [1.82, 2.24) is 5.32 Å². The Morgan fingerprint density at radius 1 is 0.341 bits per heavy atom. The highest BCUT2D eigenvalue weighted by Crippen LogP contribution is 2.19. The average Bonchev–Trinajstić information content (AvgIpc) is 3.48. The molecule has 3 N–H and O–H groups in total. The first-order valence-electron chi connectivity index (χ1n) is 37.2. The lowest BCUT2D eigenvalue weighted by Crippen LogP contribution is -2.45. The Morgan fingerprint density at radius 3 is 0.963 bits per heavy atom. The fraction of sp³-hybridized carbons (Fsp3) is 0.895. The van der Waals surface area contributed by atoms with Crippen LogP contribution in [0.3, 0.4) is 0 Å². The van der Waals surface area contributed by atoms with E-state index in [-0.39, 0.29) is 18.5 Å². The summed E-state index contributed by atoms with van der Waals surface area (Å²) in [4.78, 5) is 24.7. The van der Waals surface area contributed by atoms with Crippen molar-refractivity contribution in [3.63, 3.8) is 0 Å². The number of amides is 1. The van der Waals surface area contributed by atoms with Gasteiger partial charge in [-0.2, -0.15) is 0 Å². The van der Waals surface area contributed by atoms with Gasteiger partial charge in [-0.25, -0.2) is 0 Å². The molecular formula is C76H145NO5. The average molecular weight is 1150 g/mol. The maximum atomic E-state index is 12.5. The number of carbonyl (C=O) groups is 2. The number of aliphatic hydroxyl groups is 2. The van der Waals surface area contributed by atoms with Crippen molar-refractivity contribution in [3.8, 4) is 0 Å². The number of hydrogen-bond donors (Lipinski definition) is 3. The molecule has 1 amide bonds. The predicted molar refractivity (Wildman–Crippen MR) is 361 cm³/mol. The minimum Gasteiger partial charge on any atom is -0.466 e. The van der Waals surface area contributed by atoms with Crippen molar-refractivity contribution in [2.75, 3.05) is 13.2 Å². The predicted octanol–water partition coefficient (Wildman–Crippen LogP) is 24.3. The zero-order chi connectivity index (χ0) is 59.2. The van der Waals surface area contributed by atoms with Crippen LogP contribution in [0, 0.1) is 0 Å². The zero-order valence-corrected chi connectivity index (χ0v) is 55.5. The molecule has 0 radical (unpaired) electrons. The van der Waals surface area contributed by atoms with E-state index in [1.807, 2.05) is 0 Å². The van der Waals surface area contributed by atoms with E-state index in [9.17, 15) is 19.8 Å². The van der Waals surface area contributed by atoms with Crippen molar-refractivity contribution >= 4 is 11.9 Å². The summed E-state index contributed by atoms with van der Waals surface area (Å²) >= 11 is 0. The fourth-order valence-electron chi connectivity index (χ4n) is 11.7. The molecule has 0 aromatic rings. The van der Waals surface area contributed by atoms with Crippen LogP contribution in [0.2, 0.25) is 0 Å². The molecule has 0 spiro atoms. The highest BCUT2D eigenvalue weighted by Gasteiger charge is 2.20. The number of nitrogens with one attached hydrogen (secondary N) is 1. The van der Waals surface area contributed by atoms with E-state index in [1.54, 1.807) is 0 Å². The van der Waals surface area contributed by atoms with Crippen LogP contribution >= 0.6 is 0 Å². The highest BCUT2D eigenvalue weighted by atomic mass is 16.5. The summed E-state index contributed by atoms with van der Waals surface area (Å²) in [5.74, 6) is -0.0215. The summed E-state index contributed by atoms with van der Waals surface area (Å²) < 4.78 is 5.51. The molecule has 0 aromatic carbocycles. The van der Waals surface area contributed by atoms with E-state index < -0.39 is 12.1 Å². The van der Waals surface area contributed by atoms with E-state index in [0.29, 0.717) is 25.9 Å². The van der Waals surface area contributed by atoms with Gasteiger partial charge in [0.05, 0.1) is 25.4 Å². The number of rotatable bonds is 70. The molecule has 484 valence electrons. The van der Waals surface area contributed by atoms with Crippen molar-refractivity contribution in [2.45, 2.75) is 424 Å². The number of ether oxygens (including phenoxy) is 1. The first kappa shape index (κ1) is 80.1. The van der Waals surface area contributed by atoms with Gasteiger partial charge in [-0.3, -0.25) is 9.59 Å². The molecule has 6 heteroatoms. The molecule has 0 rings (SSSR count). The van der Waals surface area contributed by atoms with Crippen molar-refractivity contribution in [2.24, 2.45) is 0 Å². The molecule has 0 fully saturated rings. The van der Waals surface area contributed by atoms with Gasteiger partial charge in [-0.05, 0) is 83.5 Å². The van der Waals surface area contributed by atoms with E-state index in [0.717, 1.165) is 51.4 Å². The number of aliphatic hydroxyl groups excluding tert-OH is 2. The quantitative estimate of drug-likeness (QED) is 0.0320. The Hall–Kier alpha value is -1.92. The first-order valence-corrected chi connectivity index (χ1v) is 37.2. The van der Waals surface area contributed by atoms with Crippen LogP contribution in [-0.4, -0.2) is 47.4 Å². The summed E-state index contributed by atoms with van der Waals surface area (Å²) in [5.41, 5.74) is 0. The molecule has 0 aromatic heterocycles. The molecule has 0 aliphatic heterocycles. The van der Waals surface area contributed by atoms with Crippen molar-refractivity contribution < 1.29 is 24.5 Å². The number of allylic oxidation sites excluding steroid dienone is 6. The Labute approximate surface area is 513 Å². The summed E-state index contributed by atoms with van der Waals surface area (Å²) in [6.45, 7) is 4.97. The second-order valence-electron chi connectivity index (χ2n) is 25.6. The first-order chi connectivity index (χ1) is 40.5. The maximum Gasteiger partial charge on any atom is 0.305 e. The summed E-state index contributed by atoms with van der Waals surface area (Å²) in [6.07, 6.45) is 92.0. The SMILES string of the molecule is CCCCC/C=C\C/C=C\CCCCCCCCCCCC(=O)OCCCCCCCCCCCCCC/C=C\CCCCCCCCCCCCC(=O)NC(CO)C(O)CCCCCCCCCCCCCCCCCCCCCC. The minimum absolute atomic E-state index is 0.0113. The molecule has 0 saturated heterocycles. The molecular weight excluding hydrogens is 1010 g/mol. The third-order valence-corrected chi connectivity index (χ3v) is 17.4. The van der Waals surface area contributed by atoms with Crippen LogP contribution in [0.4, 0.5) is 0 Å². The Kier molecular flexibility index (Phi) is 69.9. The summed E-state index contributed by atoms with van der Waals surface area (Å²) in [6, 6.07) is -0.544. The van der Waals surface area contributed by atoms with Crippen molar-refractivity contribution in [1.29, 1.82) is 0 Å². The standard InChI is InChI=1S/C76H145NO5/c1-3-5-7-9-11-13-15-17-19-21-23-33-36-40-44-48-52-56-60-64-68-74(79)73(72-78)77-75(80)69-65-61-57-53-49-45-41-37-34-30-28-26-24-25-27-29-31-35-39-43-47-51-55-59-63-67-71-82-76(81)70-66-62-58-54-50-46-42-38-32-22-20-18-16-14-12-10-8-6-4-2/h12,14,18,20,24,26,73-74,78-79H,3-11,13,15-17,19,21-23,25,27-72H2,1-2H3,(H,77,80)/b14-12-,20-18-,26-24-. The van der Waals surface area contributed by atoms with Gasteiger partial charge in [0.2, 0.25) is 5.91 Å². The second kappa shape index (κ2) is 71.6. The third kappa shape index (κ3) is 67.2. The van der Waals surface area contributed by atoms with Gasteiger partial charge >= 0.3 is 5.97 Å². The lowest BCUT2D eigenvalue weighted by molar-refractivity contribution is -0.143. The van der Waals surface area contributed by atoms with Gasteiger partial charge in [-0.1, -0.05) is 352 Å². The van der Waals surface area contributed by atoms with Crippen LogP contribution < -0.4 is 5.32 Å². The molecule has 0 heterocycles. The van der Waals surface area contributed by atoms with Crippen LogP contribution in [0.1, 0.15) is 412 Å². The number of hydrogen-bond acceptors (Lipinski definition) is 5. The molecule has 0 aliphatic rings. The normalized spacial score (nSPS) is 12.7. The Bertz CT molecular complexity index is 1330. The van der Waals surface area contributed by atoms with Crippen LogP contribution in [0.25, 0.3) is 0 Å². The molecule has 0 aliphatic carbocycles. The largest absolute Gasteiger partial charge is 0.466 e. The van der Waals surface area contributed by atoms with E-state index >= 15 is 0 Å². The monoisotopic (exact) mass is 1150 g/mol. The van der Waals surface area contributed by atoms with Crippen LogP contribution in [0.15, 0.2) is 36.5 Å². The second-order valence-corrected chi connectivity index (χ2v) is 25.6. The summed E-state index contributed by atoms with van der Waals surface area (Å²) in [7, 11) is 0. The molecule has 6 nitrogen and oxygen atoms in total. The molecule has 0 bridgehead atoms. The fourth-order valence-corrected chi connectivity index (χ4v) is 11.7. The van der Waals surface area contributed by atoms with Gasteiger partial charge in [0.25, 0.3) is 0 Å². The van der Waals surface area contributed by atoms with Gasteiger partial charge in [0.1, 0.15) is 0 Å². The lowest BCUT2D eigenvalue weighted by atomic mass is 10.0. The maximum absolute atomic E-state index is 12.5. The number of esters is 1. The molecule has 2 unspecified atom stereocenters. The van der Waals surface area contributed by atoms with E-state index in [1.165, 1.54) is 327 Å². The van der Waals surface area contributed by atoms with Gasteiger partial charge < -0.3 is 20.3 Å². The van der Waals surface area contributed by atoms with E-state index in [4.69, 9.17) is 4.74 Å². The number of carbonyl (C=O) groups excluding carboxylic acids is 2. The number of unbranched alkanes of at least 4 members (excludes halogenated alkanes) is 53. The lowest BCUT2D eigenvalue weighted by Gasteiger charge is -2.22. The van der Waals surface area contributed by atoms with Gasteiger partial charge in [-0.15, -0.1) is 0 Å². The molecule has 82 heavy (non-hydrogen) atoms.